The van der Waals surface area contributed by atoms with Crippen LogP contribution in [0.1, 0.15) is 16.8 Å². The highest BCUT2D eigenvalue weighted by molar-refractivity contribution is 6.31. The van der Waals surface area contributed by atoms with Crippen LogP contribution in [0.25, 0.3) is 11.4 Å². The second kappa shape index (κ2) is 7.43. The molecule has 27 heavy (non-hydrogen) atoms. The molecule has 2 heterocycles. The van der Waals surface area contributed by atoms with Gasteiger partial charge in [0.15, 0.2) is 0 Å². The van der Waals surface area contributed by atoms with Crippen molar-refractivity contribution >= 4 is 23.2 Å². The molecule has 0 bridgehead atoms. The summed E-state index contributed by atoms with van der Waals surface area (Å²) in [5.74, 6) is 0.194. The Bertz CT molecular complexity index is 1030. The van der Waals surface area contributed by atoms with E-state index >= 15 is 0 Å². The third kappa shape index (κ3) is 3.76. The van der Waals surface area contributed by atoms with Crippen molar-refractivity contribution in [3.05, 3.63) is 85.5 Å². The number of benzene rings is 2. The Labute approximate surface area is 165 Å². The highest BCUT2D eigenvalue weighted by Gasteiger charge is 2.23. The Morgan fingerprint density at radius 3 is 2.67 bits per heavy atom. The zero-order valence-electron chi connectivity index (χ0n) is 14.3. The SMILES string of the molecule is O=c1[nH]c(-c2ccc(Cl)cc2)nc2c1CN(Cc1c(F)cccc1Cl)CC2. The fourth-order valence-corrected chi connectivity index (χ4v) is 3.62. The average molecular weight is 404 g/mol. The second-order valence-electron chi connectivity index (χ2n) is 6.51. The van der Waals surface area contributed by atoms with Crippen LogP contribution < -0.4 is 5.56 Å². The van der Waals surface area contributed by atoms with Gasteiger partial charge in [-0.3, -0.25) is 9.69 Å². The molecule has 0 fully saturated rings. The lowest BCUT2D eigenvalue weighted by Gasteiger charge is -2.28. The number of hydrogen-bond donors (Lipinski definition) is 1. The minimum Gasteiger partial charge on any atom is -0.306 e. The maximum absolute atomic E-state index is 14.0. The monoisotopic (exact) mass is 403 g/mol. The highest BCUT2D eigenvalue weighted by atomic mass is 35.5. The van der Waals surface area contributed by atoms with Crippen LogP contribution in [0.4, 0.5) is 4.39 Å². The van der Waals surface area contributed by atoms with E-state index in [1.165, 1.54) is 6.07 Å². The zero-order valence-corrected chi connectivity index (χ0v) is 15.8. The average Bonchev–Trinajstić information content (AvgIpc) is 2.66. The summed E-state index contributed by atoms with van der Waals surface area (Å²) in [5, 5.41) is 1.02. The van der Waals surface area contributed by atoms with Gasteiger partial charge in [-0.25, -0.2) is 9.37 Å². The Balaban J connectivity index is 1.60. The van der Waals surface area contributed by atoms with Crippen molar-refractivity contribution in [3.8, 4) is 11.4 Å². The smallest absolute Gasteiger partial charge is 0.255 e. The van der Waals surface area contributed by atoms with Gasteiger partial charge in [0.25, 0.3) is 5.56 Å². The molecule has 0 aliphatic carbocycles. The van der Waals surface area contributed by atoms with Gasteiger partial charge in [-0.1, -0.05) is 29.3 Å². The minimum atomic E-state index is -0.335. The first-order valence-corrected chi connectivity index (χ1v) is 9.30. The van der Waals surface area contributed by atoms with Gasteiger partial charge in [0.05, 0.1) is 11.3 Å². The van der Waals surface area contributed by atoms with Crippen molar-refractivity contribution in [3.63, 3.8) is 0 Å². The van der Waals surface area contributed by atoms with Crippen molar-refractivity contribution in [2.75, 3.05) is 6.54 Å². The van der Waals surface area contributed by atoms with E-state index in [9.17, 15) is 9.18 Å². The number of H-pyrrole nitrogens is 1. The summed E-state index contributed by atoms with van der Waals surface area (Å²) in [6.45, 7) is 1.43. The fourth-order valence-electron chi connectivity index (χ4n) is 3.27. The van der Waals surface area contributed by atoms with E-state index in [4.69, 9.17) is 23.2 Å². The van der Waals surface area contributed by atoms with Crippen LogP contribution in [0.3, 0.4) is 0 Å². The molecule has 1 aromatic heterocycles. The Kier molecular flexibility index (Phi) is 5.00. The second-order valence-corrected chi connectivity index (χ2v) is 7.35. The van der Waals surface area contributed by atoms with Crippen LogP contribution in [0, 0.1) is 5.82 Å². The number of halogens is 3. The third-order valence-corrected chi connectivity index (χ3v) is 5.31. The first-order chi connectivity index (χ1) is 13.0. The molecule has 1 aliphatic rings. The van der Waals surface area contributed by atoms with Crippen molar-refractivity contribution in [2.45, 2.75) is 19.5 Å². The van der Waals surface area contributed by atoms with E-state index < -0.39 is 0 Å². The first kappa shape index (κ1) is 18.2. The maximum atomic E-state index is 14.0. The largest absolute Gasteiger partial charge is 0.306 e. The van der Waals surface area contributed by atoms with Crippen LogP contribution in [-0.4, -0.2) is 21.4 Å². The van der Waals surface area contributed by atoms with Gasteiger partial charge in [-0.2, -0.15) is 0 Å². The molecule has 3 aromatic rings. The number of aromatic amines is 1. The number of rotatable bonds is 3. The number of hydrogen-bond acceptors (Lipinski definition) is 3. The van der Waals surface area contributed by atoms with E-state index in [1.807, 2.05) is 17.0 Å². The Morgan fingerprint density at radius 1 is 1.15 bits per heavy atom. The molecule has 1 aliphatic heterocycles. The van der Waals surface area contributed by atoms with Crippen molar-refractivity contribution in [2.24, 2.45) is 0 Å². The molecule has 138 valence electrons. The molecule has 4 rings (SSSR count). The Hall–Kier alpha value is -2.21. The lowest BCUT2D eigenvalue weighted by molar-refractivity contribution is 0.238. The van der Waals surface area contributed by atoms with Crippen LogP contribution in [0.2, 0.25) is 10.0 Å². The molecular weight excluding hydrogens is 388 g/mol. The summed E-state index contributed by atoms with van der Waals surface area (Å²) in [4.78, 5) is 22.1. The molecule has 0 spiro atoms. The van der Waals surface area contributed by atoms with Crippen molar-refractivity contribution in [1.29, 1.82) is 0 Å². The predicted octanol–water partition coefficient (Wildman–Crippen LogP) is 4.44. The van der Waals surface area contributed by atoms with Gasteiger partial charge < -0.3 is 4.98 Å². The molecule has 7 heteroatoms. The molecule has 0 amide bonds. The molecule has 0 saturated heterocycles. The molecule has 1 N–H and O–H groups in total. The lowest BCUT2D eigenvalue weighted by atomic mass is 10.1. The summed E-state index contributed by atoms with van der Waals surface area (Å²) in [5.41, 5.74) is 2.48. The summed E-state index contributed by atoms with van der Waals surface area (Å²) in [7, 11) is 0. The normalized spacial score (nSPS) is 14.2. The van der Waals surface area contributed by atoms with Gasteiger partial charge in [0, 0.05) is 47.2 Å². The van der Waals surface area contributed by atoms with E-state index in [2.05, 4.69) is 9.97 Å². The summed E-state index contributed by atoms with van der Waals surface area (Å²) in [6, 6.07) is 11.8. The van der Waals surface area contributed by atoms with Gasteiger partial charge in [-0.15, -0.1) is 0 Å². The molecule has 0 unspecified atom stereocenters. The number of nitrogens with one attached hydrogen (secondary N) is 1. The van der Waals surface area contributed by atoms with Crippen LogP contribution in [0.5, 0.6) is 0 Å². The van der Waals surface area contributed by atoms with Crippen LogP contribution in [0.15, 0.2) is 47.3 Å². The first-order valence-electron chi connectivity index (χ1n) is 8.54. The molecule has 0 radical (unpaired) electrons. The number of aromatic nitrogens is 2. The van der Waals surface area contributed by atoms with E-state index in [0.29, 0.717) is 53.1 Å². The molecular formula is C20H16Cl2FN3O. The van der Waals surface area contributed by atoms with Gasteiger partial charge >= 0.3 is 0 Å². The van der Waals surface area contributed by atoms with Crippen LogP contribution >= 0.6 is 23.2 Å². The summed E-state index contributed by atoms with van der Waals surface area (Å²) < 4.78 is 14.0. The van der Waals surface area contributed by atoms with Gasteiger partial charge in [-0.05, 0) is 36.4 Å². The molecule has 2 aromatic carbocycles. The lowest BCUT2D eigenvalue weighted by Crippen LogP contribution is -2.35. The topological polar surface area (TPSA) is 49.0 Å². The minimum absolute atomic E-state index is 0.172. The van der Waals surface area contributed by atoms with Gasteiger partial charge in [0.1, 0.15) is 11.6 Å². The van der Waals surface area contributed by atoms with Crippen molar-refractivity contribution < 1.29 is 4.39 Å². The zero-order chi connectivity index (χ0) is 19.0. The van der Waals surface area contributed by atoms with Crippen molar-refractivity contribution in [1.82, 2.24) is 14.9 Å². The highest BCUT2D eigenvalue weighted by Crippen LogP contribution is 2.24. The van der Waals surface area contributed by atoms with Crippen LogP contribution in [-0.2, 0) is 19.5 Å². The summed E-state index contributed by atoms with van der Waals surface area (Å²) in [6.07, 6.45) is 0.617. The van der Waals surface area contributed by atoms with E-state index in [0.717, 1.165) is 11.3 Å². The predicted molar refractivity (Wildman–Crippen MR) is 105 cm³/mol. The van der Waals surface area contributed by atoms with E-state index in [1.54, 1.807) is 24.3 Å². The summed E-state index contributed by atoms with van der Waals surface area (Å²) >= 11 is 12.0. The molecule has 0 atom stereocenters. The third-order valence-electron chi connectivity index (χ3n) is 4.71. The quantitative estimate of drug-likeness (QED) is 0.702. The molecule has 0 saturated carbocycles. The number of fused-ring (bicyclic) bond motifs is 1. The molecule has 4 nitrogen and oxygen atoms in total. The number of nitrogens with zero attached hydrogens (tertiary/aromatic N) is 2. The van der Waals surface area contributed by atoms with E-state index in [-0.39, 0.29) is 11.4 Å². The Morgan fingerprint density at radius 2 is 1.93 bits per heavy atom. The standard InChI is InChI=1S/C20H16Cl2FN3O/c21-13-6-4-12(5-7-13)19-24-18-8-9-26(11-15(18)20(27)25-19)10-14-16(22)2-1-3-17(14)23/h1-7H,8-11H2,(H,24,25,27). The maximum Gasteiger partial charge on any atom is 0.255 e. The fraction of sp³-hybridized carbons (Fsp3) is 0.200. The van der Waals surface area contributed by atoms with Gasteiger partial charge in [0.2, 0.25) is 0 Å².